The lowest BCUT2D eigenvalue weighted by molar-refractivity contribution is -0.860. The summed E-state index contributed by atoms with van der Waals surface area (Å²) in [5.74, 6) is 0. The highest BCUT2D eigenvalue weighted by atomic mass is 15.2. The van der Waals surface area contributed by atoms with Crippen LogP contribution in [0.3, 0.4) is 0 Å². The summed E-state index contributed by atoms with van der Waals surface area (Å²) in [5, 5.41) is 0. The van der Waals surface area contributed by atoms with Crippen molar-refractivity contribution in [2.45, 2.75) is 0 Å². The van der Waals surface area contributed by atoms with E-state index in [0.29, 0.717) is 0 Å². The molecule has 3 heteroatoms. The van der Waals surface area contributed by atoms with E-state index in [4.69, 9.17) is 0 Å². The van der Waals surface area contributed by atoms with Crippen molar-refractivity contribution < 1.29 is 9.80 Å². The Hall–Kier alpha value is -0.120. The molecular formula is C9H25N3+2. The number of hydrogen-bond donors (Lipinski definition) is 2. The first-order valence-electron chi connectivity index (χ1n) is 4.79. The Kier molecular flexibility index (Phi) is 6.34. The normalized spacial score (nSPS) is 12.0. The Bertz CT molecular complexity index is 89.9. The molecule has 0 unspecified atom stereocenters. The van der Waals surface area contributed by atoms with Crippen LogP contribution in [0.15, 0.2) is 0 Å². The number of rotatable bonds is 6. The summed E-state index contributed by atoms with van der Waals surface area (Å²) in [4.78, 5) is 5.46. The second-order valence-corrected chi connectivity index (χ2v) is 4.22. The van der Waals surface area contributed by atoms with Crippen molar-refractivity contribution >= 4 is 0 Å². The van der Waals surface area contributed by atoms with Gasteiger partial charge in [0.05, 0.1) is 41.3 Å². The number of hydrogen-bond acceptors (Lipinski definition) is 1. The third-order valence-electron chi connectivity index (χ3n) is 1.99. The minimum absolute atomic E-state index is 1.20. The number of quaternary nitrogens is 2. The van der Waals surface area contributed by atoms with Crippen LogP contribution in [0, 0.1) is 0 Å². The molecule has 0 fully saturated rings. The minimum Gasteiger partial charge on any atom is -0.339 e. The maximum atomic E-state index is 2.40. The lowest BCUT2D eigenvalue weighted by Crippen LogP contribution is -3.07. The van der Waals surface area contributed by atoms with Crippen molar-refractivity contribution in [3.05, 3.63) is 0 Å². The fourth-order valence-electron chi connectivity index (χ4n) is 0.941. The van der Waals surface area contributed by atoms with Crippen LogP contribution in [0.1, 0.15) is 0 Å². The molecule has 0 aromatic rings. The highest BCUT2D eigenvalue weighted by molar-refractivity contribution is 4.46. The first-order chi connectivity index (χ1) is 5.52. The predicted octanol–water partition coefficient (Wildman–Crippen LogP) is -2.79. The summed E-state index contributed by atoms with van der Waals surface area (Å²) in [5.41, 5.74) is 0. The van der Waals surface area contributed by atoms with Gasteiger partial charge in [0.15, 0.2) is 0 Å². The number of likely N-dealkylation sites (N-methyl/N-ethyl adjacent to an activating group) is 3. The highest BCUT2D eigenvalue weighted by Crippen LogP contribution is 1.74. The van der Waals surface area contributed by atoms with E-state index in [9.17, 15) is 0 Å². The Morgan fingerprint density at radius 3 is 1.42 bits per heavy atom. The van der Waals surface area contributed by atoms with Crippen molar-refractivity contribution in [2.24, 2.45) is 0 Å². The summed E-state index contributed by atoms with van der Waals surface area (Å²) in [6.45, 7) is 4.88. The fourth-order valence-corrected chi connectivity index (χ4v) is 0.941. The van der Waals surface area contributed by atoms with E-state index in [2.05, 4.69) is 40.1 Å². The molecule has 0 rings (SSSR count). The van der Waals surface area contributed by atoms with Gasteiger partial charge in [-0.2, -0.15) is 0 Å². The Balaban J connectivity index is 3.27. The molecule has 0 atom stereocenters. The van der Waals surface area contributed by atoms with Crippen LogP contribution in [0.2, 0.25) is 0 Å². The van der Waals surface area contributed by atoms with Crippen LogP contribution in [0.25, 0.3) is 0 Å². The fraction of sp³-hybridized carbons (Fsp3) is 1.00. The Morgan fingerprint density at radius 2 is 1.17 bits per heavy atom. The van der Waals surface area contributed by atoms with Crippen molar-refractivity contribution in [3.63, 3.8) is 0 Å². The van der Waals surface area contributed by atoms with Gasteiger partial charge in [0, 0.05) is 13.1 Å². The number of nitrogens with zero attached hydrogens (tertiary/aromatic N) is 1. The van der Waals surface area contributed by atoms with Gasteiger partial charge in [-0.3, -0.25) is 4.90 Å². The van der Waals surface area contributed by atoms with E-state index >= 15 is 0 Å². The summed E-state index contributed by atoms with van der Waals surface area (Å²) in [6.07, 6.45) is 0. The smallest absolute Gasteiger partial charge is 0.0896 e. The monoisotopic (exact) mass is 175 g/mol. The van der Waals surface area contributed by atoms with E-state index in [1.807, 2.05) is 0 Å². The zero-order chi connectivity index (χ0) is 9.56. The number of nitrogens with one attached hydrogen (secondary N) is 2. The molecule has 0 saturated carbocycles. The molecular weight excluding hydrogens is 150 g/mol. The minimum atomic E-state index is 1.20. The molecule has 0 amide bonds. The van der Waals surface area contributed by atoms with Gasteiger partial charge in [0.25, 0.3) is 0 Å². The zero-order valence-corrected chi connectivity index (χ0v) is 9.28. The van der Waals surface area contributed by atoms with Gasteiger partial charge in [-0.15, -0.1) is 0 Å². The molecule has 0 saturated heterocycles. The van der Waals surface area contributed by atoms with Crippen LogP contribution < -0.4 is 9.80 Å². The molecule has 0 aliphatic rings. The second-order valence-electron chi connectivity index (χ2n) is 4.22. The molecule has 0 aliphatic carbocycles. The van der Waals surface area contributed by atoms with E-state index in [1.54, 1.807) is 0 Å². The molecule has 74 valence electrons. The first-order valence-corrected chi connectivity index (χ1v) is 4.79. The zero-order valence-electron chi connectivity index (χ0n) is 9.28. The van der Waals surface area contributed by atoms with Gasteiger partial charge in [-0.1, -0.05) is 0 Å². The molecule has 0 radical (unpaired) electrons. The van der Waals surface area contributed by atoms with E-state index in [-0.39, 0.29) is 0 Å². The average Bonchev–Trinajstić information content (AvgIpc) is 1.96. The first kappa shape index (κ1) is 11.9. The van der Waals surface area contributed by atoms with Gasteiger partial charge < -0.3 is 9.80 Å². The van der Waals surface area contributed by atoms with Crippen molar-refractivity contribution in [3.8, 4) is 0 Å². The highest BCUT2D eigenvalue weighted by Gasteiger charge is 2.02. The molecule has 2 N–H and O–H groups in total. The quantitative estimate of drug-likeness (QED) is 0.445. The molecule has 0 aliphatic heterocycles. The molecule has 0 aromatic carbocycles. The summed E-state index contributed by atoms with van der Waals surface area (Å²) in [6, 6.07) is 0. The second kappa shape index (κ2) is 6.40. The van der Waals surface area contributed by atoms with Crippen LogP contribution >= 0.6 is 0 Å². The Labute approximate surface area is 76.9 Å². The van der Waals surface area contributed by atoms with Crippen LogP contribution in [0.4, 0.5) is 0 Å². The SMILES string of the molecule is CN(CC[NH+](C)C)CC[NH+](C)C. The van der Waals surface area contributed by atoms with Crippen LogP contribution in [-0.4, -0.2) is 66.3 Å². The summed E-state index contributed by atoms with van der Waals surface area (Å²) >= 11 is 0. The van der Waals surface area contributed by atoms with Gasteiger partial charge >= 0.3 is 0 Å². The lowest BCUT2D eigenvalue weighted by Gasteiger charge is -2.18. The summed E-state index contributed by atoms with van der Waals surface area (Å²) < 4.78 is 0. The third kappa shape index (κ3) is 7.98. The molecule has 3 nitrogen and oxygen atoms in total. The third-order valence-corrected chi connectivity index (χ3v) is 1.99. The average molecular weight is 175 g/mol. The van der Waals surface area contributed by atoms with E-state index in [0.717, 1.165) is 0 Å². The molecule has 0 spiro atoms. The standard InChI is InChI=1S/C9H23N3/c1-10(2)6-8-12(5)9-7-11(3)4/h6-9H2,1-5H3/p+2. The molecule has 12 heavy (non-hydrogen) atoms. The lowest BCUT2D eigenvalue weighted by atomic mass is 10.4. The van der Waals surface area contributed by atoms with Gasteiger partial charge in [-0.05, 0) is 7.05 Å². The topological polar surface area (TPSA) is 12.1 Å². The molecule has 0 heterocycles. The van der Waals surface area contributed by atoms with Crippen molar-refractivity contribution in [1.29, 1.82) is 0 Å². The maximum absolute atomic E-state index is 2.40. The van der Waals surface area contributed by atoms with Gasteiger partial charge in [0.1, 0.15) is 0 Å². The van der Waals surface area contributed by atoms with Crippen LogP contribution in [-0.2, 0) is 0 Å². The van der Waals surface area contributed by atoms with Crippen molar-refractivity contribution in [1.82, 2.24) is 4.90 Å². The largest absolute Gasteiger partial charge is 0.339 e. The van der Waals surface area contributed by atoms with Gasteiger partial charge in [0.2, 0.25) is 0 Å². The van der Waals surface area contributed by atoms with Crippen molar-refractivity contribution in [2.75, 3.05) is 61.4 Å². The van der Waals surface area contributed by atoms with E-state index < -0.39 is 0 Å². The van der Waals surface area contributed by atoms with Gasteiger partial charge in [-0.25, -0.2) is 0 Å². The maximum Gasteiger partial charge on any atom is 0.0896 e. The van der Waals surface area contributed by atoms with Crippen LogP contribution in [0.5, 0.6) is 0 Å². The molecule has 0 bridgehead atoms. The van der Waals surface area contributed by atoms with E-state index in [1.165, 1.54) is 36.0 Å². The molecule has 0 aromatic heterocycles. The Morgan fingerprint density at radius 1 is 0.833 bits per heavy atom. The summed E-state index contributed by atoms with van der Waals surface area (Å²) in [7, 11) is 11.0. The predicted molar refractivity (Wildman–Crippen MR) is 52.9 cm³/mol.